The largest absolute Gasteiger partial charge is 0.393 e. The minimum absolute atomic E-state index is 0.0319. The van der Waals surface area contributed by atoms with Gasteiger partial charge in [0.25, 0.3) is 0 Å². The van der Waals surface area contributed by atoms with E-state index in [0.717, 1.165) is 6.42 Å². The van der Waals surface area contributed by atoms with Gasteiger partial charge in [0.2, 0.25) is 0 Å². The SMILES string of the molecule is Cc1cccc([C@]23CC[C@H](O)[C@@H]2C3)c1. The smallest absolute Gasteiger partial charge is 0.0577 e. The molecule has 1 heteroatoms. The molecule has 3 rings (SSSR count). The summed E-state index contributed by atoms with van der Waals surface area (Å²) in [6.07, 6.45) is 3.36. The third-order valence-electron chi connectivity index (χ3n) is 4.08. The molecule has 2 saturated carbocycles. The first kappa shape index (κ1) is 8.49. The zero-order valence-corrected chi connectivity index (χ0v) is 8.53. The fourth-order valence-electron chi connectivity index (χ4n) is 3.16. The molecule has 0 spiro atoms. The van der Waals surface area contributed by atoms with Crippen LogP contribution in [0.4, 0.5) is 0 Å². The van der Waals surface area contributed by atoms with E-state index in [4.69, 9.17) is 0 Å². The Kier molecular flexibility index (Phi) is 1.58. The van der Waals surface area contributed by atoms with Gasteiger partial charge in [-0.15, -0.1) is 0 Å². The maximum Gasteiger partial charge on any atom is 0.0577 e. The number of benzene rings is 1. The van der Waals surface area contributed by atoms with Gasteiger partial charge in [-0.25, -0.2) is 0 Å². The summed E-state index contributed by atoms with van der Waals surface area (Å²) >= 11 is 0. The van der Waals surface area contributed by atoms with E-state index < -0.39 is 0 Å². The van der Waals surface area contributed by atoms with Crippen LogP contribution in [-0.2, 0) is 5.41 Å². The van der Waals surface area contributed by atoms with E-state index in [1.807, 2.05) is 0 Å². The van der Waals surface area contributed by atoms with Gasteiger partial charge >= 0.3 is 0 Å². The number of aliphatic hydroxyl groups excluding tert-OH is 1. The highest BCUT2D eigenvalue weighted by Gasteiger charge is 2.61. The van der Waals surface area contributed by atoms with E-state index in [-0.39, 0.29) is 6.10 Å². The van der Waals surface area contributed by atoms with Crippen LogP contribution in [0, 0.1) is 12.8 Å². The van der Waals surface area contributed by atoms with E-state index in [2.05, 4.69) is 31.2 Å². The van der Waals surface area contributed by atoms with E-state index >= 15 is 0 Å². The Bertz CT molecular complexity index is 371. The predicted octanol–water partition coefficient (Wildman–Crippen LogP) is 2.41. The molecule has 3 atom stereocenters. The lowest BCUT2D eigenvalue weighted by Gasteiger charge is -2.12. The van der Waals surface area contributed by atoms with E-state index in [0.29, 0.717) is 11.3 Å². The van der Waals surface area contributed by atoms with Crippen molar-refractivity contribution in [2.45, 2.75) is 37.7 Å². The number of hydrogen-bond donors (Lipinski definition) is 1. The van der Waals surface area contributed by atoms with E-state index in [9.17, 15) is 5.11 Å². The van der Waals surface area contributed by atoms with Crippen molar-refractivity contribution in [3.05, 3.63) is 35.4 Å². The monoisotopic (exact) mass is 188 g/mol. The molecule has 0 saturated heterocycles. The lowest BCUT2D eigenvalue weighted by molar-refractivity contribution is 0.159. The number of aryl methyl sites for hydroxylation is 1. The molecule has 14 heavy (non-hydrogen) atoms. The molecule has 0 aromatic heterocycles. The quantitative estimate of drug-likeness (QED) is 0.717. The van der Waals surface area contributed by atoms with Gasteiger partial charge in [-0.3, -0.25) is 0 Å². The molecule has 0 bridgehead atoms. The Morgan fingerprint density at radius 3 is 2.86 bits per heavy atom. The molecular weight excluding hydrogens is 172 g/mol. The average Bonchev–Trinajstić information content (AvgIpc) is 2.83. The van der Waals surface area contributed by atoms with Gasteiger partial charge in [0.05, 0.1) is 6.10 Å². The lowest BCUT2D eigenvalue weighted by Crippen LogP contribution is -2.06. The minimum atomic E-state index is -0.0319. The second kappa shape index (κ2) is 2.60. The Balaban J connectivity index is 1.98. The third kappa shape index (κ3) is 0.992. The van der Waals surface area contributed by atoms with Crippen LogP contribution >= 0.6 is 0 Å². The Morgan fingerprint density at radius 2 is 2.29 bits per heavy atom. The lowest BCUT2D eigenvalue weighted by atomic mass is 9.92. The van der Waals surface area contributed by atoms with Gasteiger partial charge in [0, 0.05) is 5.41 Å². The first-order valence-corrected chi connectivity index (χ1v) is 5.48. The predicted molar refractivity (Wildman–Crippen MR) is 56.2 cm³/mol. The molecule has 0 radical (unpaired) electrons. The van der Waals surface area contributed by atoms with Crippen molar-refractivity contribution in [3.63, 3.8) is 0 Å². The van der Waals surface area contributed by atoms with Crippen LogP contribution in [0.25, 0.3) is 0 Å². The van der Waals surface area contributed by atoms with Crippen LogP contribution < -0.4 is 0 Å². The summed E-state index contributed by atoms with van der Waals surface area (Å²) in [5.41, 5.74) is 3.16. The molecule has 0 aliphatic heterocycles. The average molecular weight is 188 g/mol. The Morgan fingerprint density at radius 1 is 1.43 bits per heavy atom. The molecule has 1 N–H and O–H groups in total. The van der Waals surface area contributed by atoms with Crippen molar-refractivity contribution in [3.8, 4) is 0 Å². The van der Waals surface area contributed by atoms with Crippen LogP contribution in [0.1, 0.15) is 30.4 Å². The highest BCUT2D eigenvalue weighted by Crippen LogP contribution is 2.64. The van der Waals surface area contributed by atoms with Crippen molar-refractivity contribution in [1.82, 2.24) is 0 Å². The molecule has 0 heterocycles. The summed E-state index contributed by atoms with van der Waals surface area (Å²) in [4.78, 5) is 0. The van der Waals surface area contributed by atoms with Crippen LogP contribution in [0.5, 0.6) is 0 Å². The van der Waals surface area contributed by atoms with Crippen molar-refractivity contribution >= 4 is 0 Å². The molecule has 2 fully saturated rings. The summed E-state index contributed by atoms with van der Waals surface area (Å²) < 4.78 is 0. The summed E-state index contributed by atoms with van der Waals surface area (Å²) in [5, 5.41) is 9.74. The van der Waals surface area contributed by atoms with Crippen LogP contribution in [0.3, 0.4) is 0 Å². The highest BCUT2D eigenvalue weighted by molar-refractivity contribution is 5.38. The van der Waals surface area contributed by atoms with Gasteiger partial charge in [0.1, 0.15) is 0 Å². The second-order valence-electron chi connectivity index (χ2n) is 4.94. The zero-order chi connectivity index (χ0) is 9.76. The number of rotatable bonds is 1. The molecule has 2 aliphatic carbocycles. The van der Waals surface area contributed by atoms with Crippen LogP contribution in [0.15, 0.2) is 24.3 Å². The summed E-state index contributed by atoms with van der Waals surface area (Å²) in [6.45, 7) is 2.14. The van der Waals surface area contributed by atoms with Crippen LogP contribution in [-0.4, -0.2) is 11.2 Å². The van der Waals surface area contributed by atoms with Crippen molar-refractivity contribution in [1.29, 1.82) is 0 Å². The molecule has 0 unspecified atom stereocenters. The molecule has 1 nitrogen and oxygen atoms in total. The molecule has 74 valence electrons. The first-order chi connectivity index (χ1) is 6.72. The molecule has 2 aliphatic rings. The van der Waals surface area contributed by atoms with Crippen molar-refractivity contribution < 1.29 is 5.11 Å². The summed E-state index contributed by atoms with van der Waals surface area (Å²) in [7, 11) is 0. The number of hydrogen-bond acceptors (Lipinski definition) is 1. The van der Waals surface area contributed by atoms with Gasteiger partial charge < -0.3 is 5.11 Å². The molecular formula is C13H16O. The van der Waals surface area contributed by atoms with Crippen molar-refractivity contribution in [2.24, 2.45) is 5.92 Å². The molecule has 0 amide bonds. The second-order valence-corrected chi connectivity index (χ2v) is 4.94. The number of aliphatic hydroxyl groups is 1. The fourth-order valence-corrected chi connectivity index (χ4v) is 3.16. The van der Waals surface area contributed by atoms with E-state index in [1.165, 1.54) is 24.0 Å². The fraction of sp³-hybridized carbons (Fsp3) is 0.538. The molecule has 1 aromatic carbocycles. The topological polar surface area (TPSA) is 20.2 Å². The third-order valence-corrected chi connectivity index (χ3v) is 4.08. The summed E-state index contributed by atoms with van der Waals surface area (Å²) in [5.74, 6) is 0.560. The normalized spacial score (nSPS) is 39.6. The zero-order valence-electron chi connectivity index (χ0n) is 8.53. The Hall–Kier alpha value is -0.820. The van der Waals surface area contributed by atoms with Gasteiger partial charge in [-0.05, 0) is 37.7 Å². The van der Waals surface area contributed by atoms with Gasteiger partial charge in [0.15, 0.2) is 0 Å². The highest BCUT2D eigenvalue weighted by atomic mass is 16.3. The van der Waals surface area contributed by atoms with Crippen LogP contribution in [0.2, 0.25) is 0 Å². The maximum atomic E-state index is 9.74. The summed E-state index contributed by atoms with van der Waals surface area (Å²) in [6, 6.07) is 8.80. The minimum Gasteiger partial charge on any atom is -0.393 e. The number of fused-ring (bicyclic) bond motifs is 1. The Labute approximate surface area is 84.8 Å². The van der Waals surface area contributed by atoms with Gasteiger partial charge in [-0.1, -0.05) is 29.8 Å². The van der Waals surface area contributed by atoms with Crippen molar-refractivity contribution in [2.75, 3.05) is 0 Å². The van der Waals surface area contributed by atoms with Gasteiger partial charge in [-0.2, -0.15) is 0 Å². The standard InChI is InChI=1S/C13H16O/c1-9-3-2-4-10(7-9)13-6-5-12(14)11(13)8-13/h2-4,7,11-12,14H,5-6,8H2,1H3/t11-,12-,13+/m0/s1. The first-order valence-electron chi connectivity index (χ1n) is 5.48. The van der Waals surface area contributed by atoms with E-state index in [1.54, 1.807) is 0 Å². The maximum absolute atomic E-state index is 9.74. The molecule has 1 aromatic rings.